The van der Waals surface area contributed by atoms with E-state index in [9.17, 15) is 5.26 Å². The van der Waals surface area contributed by atoms with E-state index in [4.69, 9.17) is 0 Å². The fourth-order valence-electron chi connectivity index (χ4n) is 5.48. The van der Waals surface area contributed by atoms with E-state index in [1.165, 1.54) is 53.6 Å². The normalized spacial score (nSPS) is 12.7. The summed E-state index contributed by atoms with van der Waals surface area (Å²) in [7, 11) is 2.15. The number of fused-ring (bicyclic) bond motifs is 5. The van der Waals surface area contributed by atoms with Gasteiger partial charge in [0.05, 0.1) is 0 Å². The summed E-state index contributed by atoms with van der Waals surface area (Å²) in [6.07, 6.45) is 2.20. The monoisotopic (exact) mass is 478 g/mol. The van der Waals surface area contributed by atoms with Crippen LogP contribution in [0.3, 0.4) is 0 Å². The van der Waals surface area contributed by atoms with Crippen molar-refractivity contribution >= 4 is 66.7 Å². The zero-order chi connectivity index (χ0) is 22.5. The van der Waals surface area contributed by atoms with Gasteiger partial charge in [-0.1, -0.05) is 0 Å². The van der Waals surface area contributed by atoms with Crippen LogP contribution in [0.2, 0.25) is 17.3 Å². The first-order chi connectivity index (χ1) is 15.2. The van der Waals surface area contributed by atoms with E-state index in [1.54, 1.807) is 0 Å². The Labute approximate surface area is 190 Å². The molecule has 3 heterocycles. The van der Waals surface area contributed by atoms with Gasteiger partial charge in [0, 0.05) is 0 Å². The van der Waals surface area contributed by atoms with Crippen LogP contribution in [0.15, 0.2) is 48.7 Å². The molecule has 6 rings (SSSR count). The molecular weight excluding hydrogens is 451 g/mol. The number of hydrogen-bond acceptors (Lipinski definition) is 1. The Hall–Kier alpha value is -3.10. The third kappa shape index (κ3) is 2.34. The number of hydrogen-bond donors (Lipinski definition) is 0. The van der Waals surface area contributed by atoms with Gasteiger partial charge in [-0.2, -0.15) is 0 Å². The number of aromatic nitrogens is 2. The molecule has 0 fully saturated rings. The topological polar surface area (TPSA) is 32.1 Å². The van der Waals surface area contributed by atoms with Crippen LogP contribution in [-0.4, -0.2) is 17.7 Å². The Morgan fingerprint density at radius 2 is 1.72 bits per heavy atom. The predicted octanol–water partition coefficient (Wildman–Crippen LogP) is 5.85. The van der Waals surface area contributed by atoms with Gasteiger partial charge in [-0.15, -0.1) is 0 Å². The Morgan fingerprint density at radius 3 is 2.44 bits per heavy atom. The Kier molecular flexibility index (Phi) is 3.82. The molecule has 0 N–H and O–H groups in total. The molecular formula is C28H26GeN3+. The minimum absolute atomic E-state index is 0.747. The summed E-state index contributed by atoms with van der Waals surface area (Å²) >= 11 is -2.09. The summed E-state index contributed by atoms with van der Waals surface area (Å²) < 4.78 is 6.23. The van der Waals surface area contributed by atoms with Gasteiger partial charge in [-0.3, -0.25) is 0 Å². The number of nitriles is 1. The maximum atomic E-state index is 9.95. The molecule has 0 aliphatic carbocycles. The molecule has 3 nitrogen and oxygen atoms in total. The molecule has 32 heavy (non-hydrogen) atoms. The van der Waals surface area contributed by atoms with Crippen LogP contribution >= 0.6 is 0 Å². The number of aryl methyl sites for hydroxylation is 3. The second kappa shape index (κ2) is 6.24. The van der Waals surface area contributed by atoms with Crippen molar-refractivity contribution in [2.75, 3.05) is 0 Å². The molecule has 0 unspecified atom stereocenters. The van der Waals surface area contributed by atoms with Crippen molar-refractivity contribution in [2.45, 2.75) is 31.1 Å². The third-order valence-corrected chi connectivity index (χ3v) is 11.5. The first kappa shape index (κ1) is 19.6. The van der Waals surface area contributed by atoms with E-state index in [-0.39, 0.29) is 0 Å². The molecule has 0 bridgehead atoms. The average Bonchev–Trinajstić information content (AvgIpc) is 3.09. The maximum absolute atomic E-state index is 9.95. The van der Waals surface area contributed by atoms with E-state index in [2.05, 4.69) is 89.7 Å². The van der Waals surface area contributed by atoms with Crippen molar-refractivity contribution in [3.8, 4) is 6.07 Å². The van der Waals surface area contributed by atoms with Gasteiger partial charge in [0.1, 0.15) is 0 Å². The van der Waals surface area contributed by atoms with Crippen molar-refractivity contribution in [2.24, 2.45) is 7.05 Å². The predicted molar refractivity (Wildman–Crippen MR) is 137 cm³/mol. The number of benzene rings is 3. The van der Waals surface area contributed by atoms with Crippen LogP contribution in [0.25, 0.3) is 49.0 Å². The summed E-state index contributed by atoms with van der Waals surface area (Å²) in [5.74, 6) is 7.37. The van der Waals surface area contributed by atoms with Gasteiger partial charge in [-0.25, -0.2) is 0 Å². The summed E-state index contributed by atoms with van der Waals surface area (Å²) in [5.41, 5.74) is 8.23. The van der Waals surface area contributed by atoms with Gasteiger partial charge in [-0.05, 0) is 0 Å². The van der Waals surface area contributed by atoms with Gasteiger partial charge < -0.3 is 0 Å². The fraction of sp³-hybridized carbons (Fsp3) is 0.214. The molecule has 6 aromatic rings. The van der Waals surface area contributed by atoms with Crippen LogP contribution in [-0.2, 0) is 7.05 Å². The van der Waals surface area contributed by atoms with E-state index >= 15 is 0 Å². The van der Waals surface area contributed by atoms with Gasteiger partial charge >= 0.3 is 190 Å². The quantitative estimate of drug-likeness (QED) is 0.127. The average molecular weight is 477 g/mol. The summed E-state index contributed by atoms with van der Waals surface area (Å²) in [5, 5.41) is 16.1. The first-order valence-electron chi connectivity index (χ1n) is 11.2. The molecule has 0 saturated heterocycles. The molecule has 0 saturated carbocycles. The molecule has 0 atom stereocenters. The second-order valence-corrected chi connectivity index (χ2v) is 20.9. The number of nitrogens with zero attached hydrogens (tertiary/aromatic N) is 3. The van der Waals surface area contributed by atoms with Crippen molar-refractivity contribution in [1.29, 1.82) is 5.26 Å². The molecule has 3 aromatic carbocycles. The van der Waals surface area contributed by atoms with Crippen molar-refractivity contribution in [3.63, 3.8) is 0 Å². The first-order valence-corrected chi connectivity index (χ1v) is 18.5. The molecule has 3 aromatic heterocycles. The second-order valence-electron chi connectivity index (χ2n) is 10.2. The number of pyridine rings is 2. The van der Waals surface area contributed by atoms with Crippen LogP contribution in [0, 0.1) is 25.2 Å². The summed E-state index contributed by atoms with van der Waals surface area (Å²) in [6.45, 7) is 4.43. The van der Waals surface area contributed by atoms with Crippen LogP contribution in [0.4, 0.5) is 0 Å². The zero-order valence-corrected chi connectivity index (χ0v) is 21.6. The van der Waals surface area contributed by atoms with E-state index in [0.717, 1.165) is 16.5 Å². The standard InChI is InChI=1S/C28H26GeN3/c1-16-12-21-25-19(15-30)8-7-9-22(25)32-23-14-20(29(3,4)5)13-18-10-11-31(6)28(26(18)23)24(17(16)2)27(21)32/h7-14H,1-6H3/q+1. The Balaban J connectivity index is 2.10. The van der Waals surface area contributed by atoms with E-state index < -0.39 is 13.3 Å². The third-order valence-electron chi connectivity index (χ3n) is 7.28. The van der Waals surface area contributed by atoms with Gasteiger partial charge in [0.25, 0.3) is 0 Å². The Morgan fingerprint density at radius 1 is 0.938 bits per heavy atom. The van der Waals surface area contributed by atoms with Crippen LogP contribution in [0.5, 0.6) is 0 Å². The molecule has 0 radical (unpaired) electrons. The van der Waals surface area contributed by atoms with Crippen molar-refractivity contribution in [3.05, 3.63) is 65.4 Å². The molecule has 0 aliphatic heterocycles. The molecule has 0 amide bonds. The van der Waals surface area contributed by atoms with Crippen LogP contribution in [0.1, 0.15) is 16.7 Å². The molecule has 0 aliphatic rings. The van der Waals surface area contributed by atoms with Gasteiger partial charge in [0.2, 0.25) is 0 Å². The fourth-order valence-corrected chi connectivity index (χ4v) is 7.91. The molecule has 156 valence electrons. The van der Waals surface area contributed by atoms with Gasteiger partial charge in [0.15, 0.2) is 0 Å². The summed E-state index contributed by atoms with van der Waals surface area (Å²) in [4.78, 5) is 0. The SMILES string of the molecule is Cc1cc2c3c(C#N)cccc3n3c4c[c]([Ge]([CH3])([CH3])[CH3])cc5cc[n+](C)c(c(c1C)c23)c54. The van der Waals surface area contributed by atoms with Crippen molar-refractivity contribution in [1.82, 2.24) is 4.40 Å². The molecule has 4 heteroatoms. The zero-order valence-electron chi connectivity index (χ0n) is 19.5. The van der Waals surface area contributed by atoms with Crippen molar-refractivity contribution < 1.29 is 4.57 Å². The van der Waals surface area contributed by atoms with E-state index in [0.29, 0.717) is 0 Å². The molecule has 0 spiro atoms. The minimum atomic E-state index is -2.09. The van der Waals surface area contributed by atoms with E-state index in [1.807, 2.05) is 12.1 Å². The number of rotatable bonds is 1. The summed E-state index contributed by atoms with van der Waals surface area (Å²) in [6, 6.07) is 18.0. The van der Waals surface area contributed by atoms with Crippen LogP contribution < -0.4 is 8.96 Å². The Bertz CT molecular complexity index is 1790.